The molecule has 0 aliphatic rings. The van der Waals surface area contributed by atoms with E-state index in [9.17, 15) is 0 Å². The summed E-state index contributed by atoms with van der Waals surface area (Å²) in [4.78, 5) is 0. The molecular weight excluding hydrogens is 81.9 g/mol. The average molecular weight is 83.9 g/mol. The molecule has 24 valence electrons. The van der Waals surface area contributed by atoms with Crippen LogP contribution in [0, 0.1) is 0 Å². The summed E-state index contributed by atoms with van der Waals surface area (Å²) < 4.78 is 12.0. The summed E-state index contributed by atoms with van der Waals surface area (Å²) in [7, 11) is 0. The van der Waals surface area contributed by atoms with Crippen molar-refractivity contribution >= 4 is 15.5 Å². The first-order chi connectivity index (χ1) is 1.91. The monoisotopic (exact) mass is 84.0 g/mol. The van der Waals surface area contributed by atoms with Crippen LogP contribution in [0.4, 0.5) is 0 Å². The zero-order valence-electron chi connectivity index (χ0n) is 3.84. The molecule has 3 nitrogen and oxygen atoms in total. The first-order valence-electron chi connectivity index (χ1n) is 0.654. The fraction of sp³-hybridized carbons (Fsp3) is 0. The van der Waals surface area contributed by atoms with E-state index in [2.05, 4.69) is 3.94 Å². The summed E-state index contributed by atoms with van der Waals surface area (Å²) in [6.45, 7) is 0. The molecule has 0 atom stereocenters. The molecule has 0 aromatic heterocycles. The van der Waals surface area contributed by atoms with Crippen molar-refractivity contribution in [3.05, 3.63) is 0 Å². The Kier molecular flexibility index (Phi) is 16.2. The predicted octanol–water partition coefficient (Wildman–Crippen LogP) is -3.44. The first kappa shape index (κ1) is 9.19. The maximum atomic E-state index is 8.91. The average Bonchev–Trinajstić information content (AvgIpc) is 1.37. The number of hydrogen-bond donors (Lipinski definition) is 1. The third-order valence-corrected chi connectivity index (χ3v) is 0.129. The molecule has 0 aliphatic carbocycles. The van der Waals surface area contributed by atoms with Gasteiger partial charge in [-0.15, -0.1) is 0 Å². The zero-order valence-corrected chi connectivity index (χ0v) is 4.00. The summed E-state index contributed by atoms with van der Waals surface area (Å²) in [6.07, 6.45) is 0. The molecule has 5 heteroatoms. The molecule has 0 bridgehead atoms. The van der Waals surface area contributed by atoms with Crippen LogP contribution in [0.25, 0.3) is 0 Å². The molecule has 0 heterocycles. The van der Waals surface area contributed by atoms with Crippen molar-refractivity contribution in [2.45, 2.75) is 0 Å². The van der Waals surface area contributed by atoms with Crippen molar-refractivity contribution in [3.8, 4) is 0 Å². The van der Waals surface area contributed by atoms with Crippen molar-refractivity contribution in [2.24, 2.45) is 0 Å². The van der Waals surface area contributed by atoms with Crippen molar-refractivity contribution in [3.63, 3.8) is 0 Å². The van der Waals surface area contributed by atoms with Gasteiger partial charge in [0.15, 0.2) is 0 Å². The van der Waals surface area contributed by atoms with Gasteiger partial charge < -0.3 is 1.43 Å². The standard InChI is InChI=1S/Al.Li.H2O2.O.H/c;;1-2;;/h;;1-2H;;/q2*+1;;;-1/p-1. The van der Waals surface area contributed by atoms with Crippen LogP contribution in [0.15, 0.2) is 0 Å². The van der Waals surface area contributed by atoms with Gasteiger partial charge in [-0.05, 0) is 0 Å². The molecule has 0 saturated heterocycles. The van der Waals surface area contributed by atoms with E-state index in [1.54, 1.807) is 0 Å². The Labute approximate surface area is 49.2 Å². The summed E-state index contributed by atoms with van der Waals surface area (Å²) >= 11 is -1.41. The van der Waals surface area contributed by atoms with Gasteiger partial charge in [0.25, 0.3) is 0 Å². The van der Waals surface area contributed by atoms with E-state index in [0.717, 1.165) is 0 Å². The summed E-state index contributed by atoms with van der Waals surface area (Å²) in [5.74, 6) is 0. The molecule has 1 N–H and O–H groups in total. The van der Waals surface area contributed by atoms with E-state index in [1.807, 2.05) is 0 Å². The van der Waals surface area contributed by atoms with Crippen LogP contribution in [0.3, 0.4) is 0 Å². The van der Waals surface area contributed by atoms with Gasteiger partial charge in [-0.3, -0.25) is 0 Å². The van der Waals surface area contributed by atoms with Crippen LogP contribution in [0.5, 0.6) is 0 Å². The van der Waals surface area contributed by atoms with Crippen molar-refractivity contribution in [1.82, 2.24) is 0 Å². The number of rotatable bonds is 1. The quantitative estimate of drug-likeness (QED) is 0.204. The Hall–Kier alpha value is 0.690. The van der Waals surface area contributed by atoms with Gasteiger partial charge >= 0.3 is 47.3 Å². The minimum absolute atomic E-state index is 0. The van der Waals surface area contributed by atoms with Gasteiger partial charge in [-0.25, -0.2) is 0 Å². The third kappa shape index (κ3) is 11.9. The van der Waals surface area contributed by atoms with Crippen molar-refractivity contribution in [1.29, 1.82) is 0 Å². The topological polar surface area (TPSA) is 46.5 Å². The number of hydrogen-bond acceptors (Lipinski definition) is 3. The second-order valence-corrected chi connectivity index (χ2v) is 0.605. The second kappa shape index (κ2) is 8.83. The van der Waals surface area contributed by atoms with Gasteiger partial charge in [0, 0.05) is 0 Å². The minimum atomic E-state index is -1.41. The second-order valence-electron chi connectivity index (χ2n) is 0.202. The fourth-order valence-electron chi connectivity index (χ4n) is 0. The Balaban J connectivity index is -0.0000000450. The molecule has 0 spiro atoms. The van der Waals surface area contributed by atoms with Crippen LogP contribution in [-0.2, 0) is 7.74 Å². The Bertz CT molecular complexity index is 24.8. The van der Waals surface area contributed by atoms with Gasteiger partial charge in [-0.2, -0.15) is 0 Å². The fourth-order valence-corrected chi connectivity index (χ4v) is 0. The molecule has 0 radical (unpaired) electrons. The van der Waals surface area contributed by atoms with Gasteiger partial charge in [0.1, 0.15) is 0 Å². The molecule has 5 heavy (non-hydrogen) atoms. The predicted molar refractivity (Wildman–Crippen MR) is 11.3 cm³/mol. The van der Waals surface area contributed by atoms with Crippen molar-refractivity contribution in [2.75, 3.05) is 0 Å². The van der Waals surface area contributed by atoms with E-state index in [1.165, 1.54) is 0 Å². The Morgan fingerprint density at radius 3 is 2.20 bits per heavy atom. The van der Waals surface area contributed by atoms with Crippen LogP contribution in [0.2, 0.25) is 0 Å². The van der Waals surface area contributed by atoms with E-state index in [0.29, 0.717) is 0 Å². The van der Waals surface area contributed by atoms with Gasteiger partial charge in [-0.1, -0.05) is 0 Å². The molecule has 0 aromatic rings. The van der Waals surface area contributed by atoms with Gasteiger partial charge in [0.2, 0.25) is 0 Å². The van der Waals surface area contributed by atoms with Crippen molar-refractivity contribution < 1.29 is 33.3 Å². The SMILES string of the molecule is [H-].[Li+].[O]=[Al][O]O. The van der Waals surface area contributed by atoms with E-state index in [-0.39, 0.29) is 20.3 Å². The molecule has 0 fully saturated rings. The van der Waals surface area contributed by atoms with Crippen LogP contribution in [0.1, 0.15) is 1.43 Å². The molecular formula is H2AlLiO3. The van der Waals surface area contributed by atoms with E-state index in [4.69, 9.17) is 9.06 Å². The Morgan fingerprint density at radius 1 is 2.00 bits per heavy atom. The third-order valence-electron chi connectivity index (χ3n) is 0.0430. The van der Waals surface area contributed by atoms with Crippen LogP contribution in [-0.4, -0.2) is 20.7 Å². The van der Waals surface area contributed by atoms with E-state index >= 15 is 0 Å². The molecule has 0 amide bonds. The summed E-state index contributed by atoms with van der Waals surface area (Å²) in [6, 6.07) is 0. The maximum absolute atomic E-state index is 8.91. The zero-order chi connectivity index (χ0) is 3.41. The Morgan fingerprint density at radius 2 is 2.20 bits per heavy atom. The molecule has 0 aromatic carbocycles. The van der Waals surface area contributed by atoms with Crippen LogP contribution < -0.4 is 18.9 Å². The summed E-state index contributed by atoms with van der Waals surface area (Å²) in [5.41, 5.74) is 0. The summed E-state index contributed by atoms with van der Waals surface area (Å²) in [5, 5.41) is 7.10. The molecule has 0 unspecified atom stereocenters. The van der Waals surface area contributed by atoms with E-state index < -0.39 is 15.5 Å². The normalized spacial score (nSPS) is 3.40. The first-order valence-corrected chi connectivity index (χ1v) is 1.60. The molecule has 0 rings (SSSR count). The molecule has 0 aliphatic heterocycles. The van der Waals surface area contributed by atoms with Crippen LogP contribution >= 0.6 is 0 Å². The van der Waals surface area contributed by atoms with Gasteiger partial charge in [0.05, 0.1) is 0 Å². The molecule has 0 saturated carbocycles.